The smallest absolute Gasteiger partial charge is 0.0752 e. The Labute approximate surface area is 102 Å². The Bertz CT molecular complexity index is 420. The lowest BCUT2D eigenvalue weighted by Crippen LogP contribution is -2.00. The first-order valence-corrected chi connectivity index (χ1v) is 5.67. The first-order valence-electron chi connectivity index (χ1n) is 5.67. The molecule has 0 heterocycles. The van der Waals surface area contributed by atoms with Crippen molar-refractivity contribution in [2.75, 3.05) is 0 Å². The summed E-state index contributed by atoms with van der Waals surface area (Å²) in [6.45, 7) is 0. The van der Waals surface area contributed by atoms with Crippen LogP contribution < -0.4 is 0 Å². The summed E-state index contributed by atoms with van der Waals surface area (Å²) in [7, 11) is 0. The van der Waals surface area contributed by atoms with Gasteiger partial charge in [0, 0.05) is 5.92 Å². The van der Waals surface area contributed by atoms with Crippen LogP contribution in [-0.4, -0.2) is 5.11 Å². The predicted molar refractivity (Wildman–Crippen MR) is 70.7 cm³/mol. The number of aliphatic hydroxyl groups excluding tert-OH is 1. The molecular formula is C16H15O. The molecule has 0 aliphatic carbocycles. The number of allylic oxidation sites excluding steroid dienone is 1. The highest BCUT2D eigenvalue weighted by molar-refractivity contribution is 5.46. The molecule has 0 amide bonds. The lowest BCUT2D eigenvalue weighted by molar-refractivity contribution is 0.471. The predicted octanol–water partition coefficient (Wildman–Crippen LogP) is 4.12. The fourth-order valence-electron chi connectivity index (χ4n) is 1.85. The van der Waals surface area contributed by atoms with E-state index in [2.05, 4.69) is 24.3 Å². The van der Waals surface area contributed by atoms with E-state index in [9.17, 15) is 0 Å². The summed E-state index contributed by atoms with van der Waals surface area (Å²) in [5.74, 6) is 1.22. The van der Waals surface area contributed by atoms with Gasteiger partial charge in [-0.2, -0.15) is 0 Å². The fraction of sp³-hybridized carbons (Fsp3) is 0.0625. The van der Waals surface area contributed by atoms with Gasteiger partial charge in [-0.25, -0.2) is 0 Å². The largest absolute Gasteiger partial charge is 0.516 e. The van der Waals surface area contributed by atoms with Crippen LogP contribution in [0, 0.1) is 5.92 Å². The molecule has 1 heteroatoms. The molecule has 0 saturated carbocycles. The lowest BCUT2D eigenvalue weighted by Gasteiger charge is -2.15. The van der Waals surface area contributed by atoms with Gasteiger partial charge in [0.25, 0.3) is 0 Å². The van der Waals surface area contributed by atoms with Gasteiger partial charge < -0.3 is 5.11 Å². The third-order valence-corrected chi connectivity index (χ3v) is 2.67. The Morgan fingerprint density at radius 3 is 1.71 bits per heavy atom. The molecule has 0 aromatic heterocycles. The molecule has 1 N–H and O–H groups in total. The third kappa shape index (κ3) is 2.97. The Balaban J connectivity index is 2.32. The van der Waals surface area contributed by atoms with Crippen LogP contribution >= 0.6 is 0 Å². The van der Waals surface area contributed by atoms with Gasteiger partial charge in [-0.15, -0.1) is 0 Å². The van der Waals surface area contributed by atoms with Gasteiger partial charge in [-0.3, -0.25) is 0 Å². The number of rotatable bonds is 4. The van der Waals surface area contributed by atoms with E-state index in [-0.39, 0.29) is 0 Å². The summed E-state index contributed by atoms with van der Waals surface area (Å²) >= 11 is 0. The molecule has 1 radical (unpaired) electrons. The second-order valence-corrected chi connectivity index (χ2v) is 3.80. The molecule has 0 fully saturated rings. The van der Waals surface area contributed by atoms with Gasteiger partial charge in [-0.1, -0.05) is 60.7 Å². The van der Waals surface area contributed by atoms with Gasteiger partial charge in [0.05, 0.1) is 6.26 Å². The molecule has 2 aromatic rings. The minimum Gasteiger partial charge on any atom is -0.516 e. The molecule has 17 heavy (non-hydrogen) atoms. The summed E-state index contributed by atoms with van der Waals surface area (Å²) < 4.78 is 0. The minimum atomic E-state index is 0.727. The van der Waals surface area contributed by atoms with E-state index in [1.807, 2.05) is 36.4 Å². The first-order chi connectivity index (χ1) is 8.42. The van der Waals surface area contributed by atoms with Crippen molar-refractivity contribution in [1.82, 2.24) is 0 Å². The molecule has 1 nitrogen and oxygen atoms in total. The Morgan fingerprint density at radius 2 is 1.29 bits per heavy atom. The summed E-state index contributed by atoms with van der Waals surface area (Å²) in [6.07, 6.45) is 3.59. The van der Waals surface area contributed by atoms with E-state index in [1.165, 1.54) is 17.0 Å². The number of benzene rings is 2. The third-order valence-electron chi connectivity index (χ3n) is 2.67. The van der Waals surface area contributed by atoms with Crippen LogP contribution in [0.15, 0.2) is 73.0 Å². The number of aliphatic hydroxyl groups is 1. The lowest BCUT2D eigenvalue weighted by atomic mass is 9.89. The normalized spacial score (nSPS) is 11.1. The van der Waals surface area contributed by atoms with Gasteiger partial charge in [0.1, 0.15) is 0 Å². The summed E-state index contributed by atoms with van der Waals surface area (Å²) in [5.41, 5.74) is 2.38. The molecular weight excluding hydrogens is 208 g/mol. The van der Waals surface area contributed by atoms with Crippen LogP contribution in [0.1, 0.15) is 17.5 Å². The van der Waals surface area contributed by atoms with Crippen molar-refractivity contribution >= 4 is 0 Å². The first kappa shape index (κ1) is 11.5. The van der Waals surface area contributed by atoms with E-state index < -0.39 is 0 Å². The van der Waals surface area contributed by atoms with Gasteiger partial charge in [0.15, 0.2) is 0 Å². The van der Waals surface area contributed by atoms with Gasteiger partial charge in [-0.05, 0) is 23.6 Å². The minimum absolute atomic E-state index is 0.727. The molecule has 0 aliphatic heterocycles. The quantitative estimate of drug-likeness (QED) is 0.773. The maximum atomic E-state index is 8.82. The second-order valence-electron chi connectivity index (χ2n) is 3.80. The molecule has 85 valence electrons. The van der Waals surface area contributed by atoms with E-state index in [1.54, 1.807) is 6.08 Å². The van der Waals surface area contributed by atoms with Crippen LogP contribution in [0.2, 0.25) is 0 Å². The van der Waals surface area contributed by atoms with E-state index in [4.69, 9.17) is 5.11 Å². The zero-order chi connectivity index (χ0) is 11.9. The molecule has 0 atom stereocenters. The molecule has 0 unspecified atom stereocenters. The summed E-state index contributed by atoms with van der Waals surface area (Å²) in [6, 6.07) is 20.5. The molecule has 0 bridgehead atoms. The topological polar surface area (TPSA) is 20.2 Å². The van der Waals surface area contributed by atoms with Crippen molar-refractivity contribution in [2.24, 2.45) is 0 Å². The fourth-order valence-corrected chi connectivity index (χ4v) is 1.85. The monoisotopic (exact) mass is 223 g/mol. The van der Waals surface area contributed by atoms with Crippen molar-refractivity contribution in [3.05, 3.63) is 90.0 Å². The van der Waals surface area contributed by atoms with E-state index in [0.717, 1.165) is 12.7 Å². The number of hydrogen-bond acceptors (Lipinski definition) is 1. The average molecular weight is 223 g/mol. The van der Waals surface area contributed by atoms with Crippen LogP contribution in [0.25, 0.3) is 0 Å². The van der Waals surface area contributed by atoms with Crippen LogP contribution in [0.5, 0.6) is 0 Å². The highest BCUT2D eigenvalue weighted by Gasteiger charge is 2.12. The molecule has 0 spiro atoms. The van der Waals surface area contributed by atoms with Crippen molar-refractivity contribution in [2.45, 2.75) is 6.42 Å². The number of hydrogen-bond donors (Lipinski definition) is 1. The zero-order valence-electron chi connectivity index (χ0n) is 9.58. The zero-order valence-corrected chi connectivity index (χ0v) is 9.58. The van der Waals surface area contributed by atoms with Crippen molar-refractivity contribution in [3.63, 3.8) is 0 Å². The van der Waals surface area contributed by atoms with Crippen molar-refractivity contribution in [3.8, 4) is 0 Å². The van der Waals surface area contributed by atoms with E-state index in [0.29, 0.717) is 0 Å². The highest BCUT2D eigenvalue weighted by Crippen LogP contribution is 2.26. The van der Waals surface area contributed by atoms with E-state index >= 15 is 0 Å². The van der Waals surface area contributed by atoms with Crippen LogP contribution in [0.4, 0.5) is 0 Å². The standard InChI is InChI=1S/C16H15O/c17-13-7-12-16(14-8-3-1-4-9-14)15-10-5-2-6-11-15/h1-11,13,17H,12H2/b13-7+. The van der Waals surface area contributed by atoms with Crippen molar-refractivity contribution < 1.29 is 5.11 Å². The maximum Gasteiger partial charge on any atom is 0.0752 e. The van der Waals surface area contributed by atoms with Gasteiger partial charge in [0.2, 0.25) is 0 Å². The van der Waals surface area contributed by atoms with Gasteiger partial charge >= 0.3 is 0 Å². The Kier molecular flexibility index (Phi) is 3.98. The average Bonchev–Trinajstić information content (AvgIpc) is 2.42. The molecule has 2 aromatic carbocycles. The Morgan fingerprint density at radius 1 is 0.824 bits per heavy atom. The van der Waals surface area contributed by atoms with Crippen LogP contribution in [-0.2, 0) is 0 Å². The second kappa shape index (κ2) is 5.90. The summed E-state index contributed by atoms with van der Waals surface area (Å²) in [4.78, 5) is 0. The summed E-state index contributed by atoms with van der Waals surface area (Å²) in [5, 5.41) is 8.82. The molecule has 0 aliphatic rings. The van der Waals surface area contributed by atoms with Crippen LogP contribution in [0.3, 0.4) is 0 Å². The highest BCUT2D eigenvalue weighted by atomic mass is 16.2. The maximum absolute atomic E-state index is 8.82. The van der Waals surface area contributed by atoms with Crippen molar-refractivity contribution in [1.29, 1.82) is 0 Å². The molecule has 2 rings (SSSR count). The molecule has 0 saturated heterocycles. The SMILES string of the molecule is O/C=C/C[C](c1ccccc1)c1ccccc1. The Hall–Kier alpha value is -2.02.